The van der Waals surface area contributed by atoms with E-state index in [0.717, 1.165) is 28.4 Å². The first-order valence-corrected chi connectivity index (χ1v) is 22.9. The average molecular weight is 836 g/mol. The van der Waals surface area contributed by atoms with E-state index in [4.69, 9.17) is 9.98 Å². The van der Waals surface area contributed by atoms with Gasteiger partial charge in [-0.1, -0.05) is 190 Å². The van der Waals surface area contributed by atoms with Gasteiger partial charge >= 0.3 is 0 Å². The van der Waals surface area contributed by atoms with E-state index in [1.807, 2.05) is 17.4 Å². The second kappa shape index (κ2) is 14.2. The standard InChI is InChI=1S/C60H41N3S/c1-60(2)52-24-11-10-20-47(52)48-22-12-23-49(56(48)60)59-62-57(37-14-4-3-5-15-37)61-58(63-59)38-28-26-36(27-29-38)41-21-13-25-54-55(41)51-35-40(31-33-53(51)64-54)39-30-32-46-44-18-7-6-16-42(44)43-17-8-9-19-45(43)50(46)34-39/h3-35,58H,1-2H3,(H,61,62,63). The van der Waals surface area contributed by atoms with Crippen molar-refractivity contribution < 1.29 is 0 Å². The van der Waals surface area contributed by atoms with Crippen molar-refractivity contribution in [1.29, 1.82) is 0 Å². The normalized spacial score (nSPS) is 15.3. The molecule has 1 N–H and O–H groups in total. The number of nitrogens with zero attached hydrogens (tertiary/aromatic N) is 2. The van der Waals surface area contributed by atoms with Crippen LogP contribution in [0.2, 0.25) is 0 Å². The third kappa shape index (κ3) is 5.66. The molecule has 10 aromatic carbocycles. The number of hydrogen-bond donors (Lipinski definition) is 1. The number of hydrogen-bond acceptors (Lipinski definition) is 4. The number of thiophene rings is 1. The molecular formula is C60H41N3S. The highest BCUT2D eigenvalue weighted by atomic mass is 32.1. The smallest absolute Gasteiger partial charge is 0.159 e. The van der Waals surface area contributed by atoms with Gasteiger partial charge in [0.2, 0.25) is 0 Å². The van der Waals surface area contributed by atoms with Crippen LogP contribution in [0.5, 0.6) is 0 Å². The van der Waals surface area contributed by atoms with Crippen molar-refractivity contribution in [3.63, 3.8) is 0 Å². The van der Waals surface area contributed by atoms with E-state index in [0.29, 0.717) is 0 Å². The molecule has 0 bridgehead atoms. The molecule has 0 amide bonds. The molecule has 1 aliphatic heterocycles. The van der Waals surface area contributed by atoms with Crippen LogP contribution >= 0.6 is 11.3 Å². The minimum Gasteiger partial charge on any atom is -0.344 e. The van der Waals surface area contributed by atoms with Crippen LogP contribution in [0.1, 0.15) is 47.8 Å². The van der Waals surface area contributed by atoms with E-state index in [9.17, 15) is 0 Å². The van der Waals surface area contributed by atoms with E-state index in [-0.39, 0.29) is 11.6 Å². The molecule has 302 valence electrons. The van der Waals surface area contributed by atoms with Gasteiger partial charge in [-0.05, 0) is 107 Å². The summed E-state index contributed by atoms with van der Waals surface area (Å²) in [5.74, 6) is 1.58. The van der Waals surface area contributed by atoms with E-state index in [2.05, 4.69) is 213 Å². The minimum absolute atomic E-state index is 0.192. The van der Waals surface area contributed by atoms with Crippen molar-refractivity contribution >= 4 is 75.5 Å². The Morgan fingerprint density at radius 3 is 1.78 bits per heavy atom. The Hall–Kier alpha value is -7.66. The summed E-state index contributed by atoms with van der Waals surface area (Å²) in [6, 6.07) is 73.2. The van der Waals surface area contributed by atoms with Gasteiger partial charge in [-0.3, -0.25) is 0 Å². The van der Waals surface area contributed by atoms with Gasteiger partial charge in [-0.15, -0.1) is 11.3 Å². The summed E-state index contributed by atoms with van der Waals surface area (Å²) in [4.78, 5) is 10.6. The molecule has 0 radical (unpaired) electrons. The molecule has 1 aliphatic carbocycles. The molecule has 0 spiro atoms. The van der Waals surface area contributed by atoms with Gasteiger partial charge in [0.25, 0.3) is 0 Å². The van der Waals surface area contributed by atoms with Gasteiger partial charge in [0.1, 0.15) is 12.0 Å². The lowest BCUT2D eigenvalue weighted by Gasteiger charge is -2.27. The Kier molecular flexibility index (Phi) is 8.19. The van der Waals surface area contributed by atoms with Crippen molar-refractivity contribution in [3.8, 4) is 33.4 Å². The van der Waals surface area contributed by atoms with Crippen LogP contribution in [-0.4, -0.2) is 11.7 Å². The molecule has 13 rings (SSSR count). The van der Waals surface area contributed by atoms with Crippen molar-refractivity contribution in [1.82, 2.24) is 5.32 Å². The second-order valence-corrected chi connectivity index (χ2v) is 18.8. The minimum atomic E-state index is -0.322. The summed E-state index contributed by atoms with van der Waals surface area (Å²) >= 11 is 1.87. The second-order valence-electron chi connectivity index (χ2n) is 17.7. The third-order valence-corrected chi connectivity index (χ3v) is 14.9. The summed E-state index contributed by atoms with van der Waals surface area (Å²) < 4.78 is 2.58. The molecule has 0 saturated heterocycles. The van der Waals surface area contributed by atoms with Crippen molar-refractivity contribution in [2.45, 2.75) is 25.4 Å². The van der Waals surface area contributed by atoms with E-state index < -0.39 is 0 Å². The number of fused-ring (bicyclic) bond motifs is 12. The van der Waals surface area contributed by atoms with Gasteiger partial charge in [0, 0.05) is 36.7 Å². The topological polar surface area (TPSA) is 36.8 Å². The van der Waals surface area contributed by atoms with Crippen LogP contribution in [0.25, 0.3) is 85.9 Å². The fraction of sp³-hybridized carbons (Fsp3) is 0.0667. The molecule has 1 atom stereocenters. The zero-order chi connectivity index (χ0) is 42.5. The molecule has 3 nitrogen and oxygen atoms in total. The lowest BCUT2D eigenvalue weighted by atomic mass is 9.80. The van der Waals surface area contributed by atoms with Gasteiger partial charge in [-0.25, -0.2) is 9.98 Å². The van der Waals surface area contributed by atoms with Crippen LogP contribution in [0.15, 0.2) is 210 Å². The summed E-state index contributed by atoms with van der Waals surface area (Å²) in [6.07, 6.45) is -0.322. The van der Waals surface area contributed by atoms with Crippen LogP contribution in [0.4, 0.5) is 0 Å². The predicted octanol–water partition coefficient (Wildman–Crippen LogP) is 15.6. The quantitative estimate of drug-likeness (QED) is 0.172. The number of rotatable bonds is 5. The van der Waals surface area contributed by atoms with Crippen molar-refractivity contribution in [2.24, 2.45) is 9.98 Å². The first kappa shape index (κ1) is 36.9. The zero-order valence-electron chi connectivity index (χ0n) is 35.4. The highest BCUT2D eigenvalue weighted by Crippen LogP contribution is 2.50. The van der Waals surface area contributed by atoms with Crippen LogP contribution in [-0.2, 0) is 5.41 Å². The Balaban J connectivity index is 0.895. The number of amidine groups is 2. The molecule has 64 heavy (non-hydrogen) atoms. The van der Waals surface area contributed by atoms with E-state index >= 15 is 0 Å². The lowest BCUT2D eigenvalue weighted by Crippen LogP contribution is -2.34. The largest absolute Gasteiger partial charge is 0.344 e. The maximum atomic E-state index is 5.40. The third-order valence-electron chi connectivity index (χ3n) is 13.7. The summed E-state index contributed by atoms with van der Waals surface area (Å²) in [6.45, 7) is 4.65. The van der Waals surface area contributed by atoms with Gasteiger partial charge in [0.15, 0.2) is 5.84 Å². The van der Waals surface area contributed by atoms with Crippen LogP contribution < -0.4 is 5.32 Å². The first-order chi connectivity index (χ1) is 31.5. The molecule has 0 saturated carbocycles. The maximum Gasteiger partial charge on any atom is 0.159 e. The Bertz CT molecular complexity index is 3740. The molecule has 1 unspecified atom stereocenters. The SMILES string of the molecule is CC1(C)c2ccccc2-c2cccc(C3=NC(c4ccc(-c5cccc6sc7ccc(-c8ccc9c%10ccccc%10c%10ccccc%10c9c8)cc7c56)cc4)NC(c4ccccc4)=N3)c21. The molecule has 4 heteroatoms. The lowest BCUT2D eigenvalue weighted by molar-refractivity contribution is 0.654. The predicted molar refractivity (Wildman–Crippen MR) is 272 cm³/mol. The number of nitrogens with one attached hydrogen (secondary N) is 1. The zero-order valence-corrected chi connectivity index (χ0v) is 36.2. The van der Waals surface area contributed by atoms with Crippen LogP contribution in [0, 0.1) is 0 Å². The molecule has 11 aromatic rings. The van der Waals surface area contributed by atoms with Gasteiger partial charge in [0.05, 0.1) is 0 Å². The maximum absolute atomic E-state index is 5.40. The van der Waals surface area contributed by atoms with Crippen molar-refractivity contribution in [3.05, 3.63) is 228 Å². The van der Waals surface area contributed by atoms with Crippen molar-refractivity contribution in [2.75, 3.05) is 0 Å². The molecule has 2 aliphatic rings. The Morgan fingerprint density at radius 2 is 1.02 bits per heavy atom. The van der Waals surface area contributed by atoms with Crippen LogP contribution in [0.3, 0.4) is 0 Å². The molecule has 0 fully saturated rings. The summed E-state index contributed by atoms with van der Waals surface area (Å²) in [5.41, 5.74) is 13.0. The molecule has 1 aromatic heterocycles. The Morgan fingerprint density at radius 1 is 0.438 bits per heavy atom. The Labute approximate surface area is 375 Å². The monoisotopic (exact) mass is 835 g/mol. The van der Waals surface area contributed by atoms with Gasteiger partial charge in [-0.2, -0.15) is 0 Å². The highest BCUT2D eigenvalue weighted by Gasteiger charge is 2.38. The number of aliphatic imine (C=N–C) groups is 2. The van der Waals surface area contributed by atoms with Gasteiger partial charge < -0.3 is 5.32 Å². The number of benzene rings is 10. The molecule has 2 heterocycles. The fourth-order valence-corrected chi connectivity index (χ4v) is 11.8. The van der Waals surface area contributed by atoms with E-state index in [1.165, 1.54) is 97.0 Å². The fourth-order valence-electron chi connectivity index (χ4n) is 10.7. The summed E-state index contributed by atoms with van der Waals surface area (Å²) in [5, 5.41) is 14.1. The molecular weight excluding hydrogens is 795 g/mol. The van der Waals surface area contributed by atoms with E-state index in [1.54, 1.807) is 0 Å². The highest BCUT2D eigenvalue weighted by molar-refractivity contribution is 7.26. The first-order valence-electron chi connectivity index (χ1n) is 22.1. The average Bonchev–Trinajstić information content (AvgIpc) is 3.85. The summed E-state index contributed by atoms with van der Waals surface area (Å²) in [7, 11) is 0.